The van der Waals surface area contributed by atoms with Crippen LogP contribution in [0.3, 0.4) is 0 Å². The molecule has 0 aromatic rings. The summed E-state index contributed by atoms with van der Waals surface area (Å²) in [4.78, 5) is 0. The molecule has 0 amide bonds. The van der Waals surface area contributed by atoms with Crippen molar-refractivity contribution in [1.29, 1.82) is 0 Å². The van der Waals surface area contributed by atoms with Gasteiger partial charge in [0.05, 0.1) is 6.10 Å². The zero-order valence-electron chi connectivity index (χ0n) is 4.60. The van der Waals surface area contributed by atoms with Crippen LogP contribution < -0.4 is 0 Å². The number of alkyl halides is 1. The third-order valence-corrected chi connectivity index (χ3v) is 2.72. The van der Waals surface area contributed by atoms with E-state index in [0.29, 0.717) is 6.10 Å². The van der Waals surface area contributed by atoms with E-state index in [4.69, 9.17) is 4.18 Å². The number of hydrogen-bond donors (Lipinski definition) is 0. The highest BCUT2D eigenvalue weighted by atomic mass is 79.9. The molecular formula is C5H9BrOS. The van der Waals surface area contributed by atoms with Crippen LogP contribution in [0.4, 0.5) is 0 Å². The predicted molar refractivity (Wildman–Crippen MR) is 40.4 cm³/mol. The summed E-state index contributed by atoms with van der Waals surface area (Å²) in [6.07, 6.45) is 2.99. The highest BCUT2D eigenvalue weighted by Crippen LogP contribution is 2.21. The number of hydrogen-bond acceptors (Lipinski definition) is 2. The van der Waals surface area contributed by atoms with Gasteiger partial charge in [-0.1, -0.05) is 15.9 Å². The van der Waals surface area contributed by atoms with Crippen LogP contribution in [-0.4, -0.2) is 17.2 Å². The Labute approximate surface area is 62.5 Å². The molecule has 0 spiro atoms. The number of halogens is 1. The summed E-state index contributed by atoms with van der Waals surface area (Å²) in [6.45, 7) is 0. The molecule has 1 heterocycles. The van der Waals surface area contributed by atoms with E-state index in [-0.39, 0.29) is 0 Å². The van der Waals surface area contributed by atoms with Crippen molar-refractivity contribution in [3.8, 4) is 0 Å². The second-order valence-electron chi connectivity index (χ2n) is 1.84. The first-order chi connectivity index (χ1) is 3.93. The van der Waals surface area contributed by atoms with Gasteiger partial charge in [0.25, 0.3) is 0 Å². The SMILES string of the molecule is BrCC1CCCSO1. The highest BCUT2D eigenvalue weighted by Gasteiger charge is 2.11. The Balaban J connectivity index is 2.13. The molecule has 1 nitrogen and oxygen atoms in total. The minimum absolute atomic E-state index is 0.466. The molecule has 0 bridgehead atoms. The summed E-state index contributed by atoms with van der Waals surface area (Å²) in [6, 6.07) is 0. The Morgan fingerprint density at radius 3 is 3.00 bits per heavy atom. The van der Waals surface area contributed by atoms with E-state index >= 15 is 0 Å². The van der Waals surface area contributed by atoms with Crippen molar-refractivity contribution < 1.29 is 4.18 Å². The summed E-state index contributed by atoms with van der Waals surface area (Å²) in [7, 11) is 0. The molecule has 0 N–H and O–H groups in total. The number of rotatable bonds is 1. The summed E-state index contributed by atoms with van der Waals surface area (Å²) in [5.74, 6) is 1.17. The van der Waals surface area contributed by atoms with E-state index in [2.05, 4.69) is 15.9 Å². The zero-order chi connectivity index (χ0) is 5.82. The average molecular weight is 197 g/mol. The van der Waals surface area contributed by atoms with E-state index in [1.165, 1.54) is 18.6 Å². The lowest BCUT2D eigenvalue weighted by Crippen LogP contribution is -2.15. The second kappa shape index (κ2) is 3.75. The van der Waals surface area contributed by atoms with Gasteiger partial charge >= 0.3 is 0 Å². The monoisotopic (exact) mass is 196 g/mol. The lowest BCUT2D eigenvalue weighted by atomic mass is 10.2. The van der Waals surface area contributed by atoms with E-state index < -0.39 is 0 Å². The smallest absolute Gasteiger partial charge is 0.0819 e. The van der Waals surface area contributed by atoms with Crippen LogP contribution in [-0.2, 0) is 4.18 Å². The summed E-state index contributed by atoms with van der Waals surface area (Å²) in [5, 5.41) is 0.986. The molecular weight excluding hydrogens is 188 g/mol. The third kappa shape index (κ3) is 1.96. The Morgan fingerprint density at radius 2 is 2.62 bits per heavy atom. The molecule has 3 heteroatoms. The Kier molecular flexibility index (Phi) is 3.23. The van der Waals surface area contributed by atoms with Crippen LogP contribution in [0.15, 0.2) is 0 Å². The Bertz CT molecular complexity index is 63.4. The molecule has 8 heavy (non-hydrogen) atoms. The molecule has 1 aliphatic heterocycles. The first-order valence-corrected chi connectivity index (χ1v) is 4.81. The molecule has 1 unspecified atom stereocenters. The maximum atomic E-state index is 5.30. The lowest BCUT2D eigenvalue weighted by molar-refractivity contribution is 0.243. The Morgan fingerprint density at radius 1 is 1.75 bits per heavy atom. The van der Waals surface area contributed by atoms with E-state index in [1.807, 2.05) is 0 Å². The van der Waals surface area contributed by atoms with Crippen molar-refractivity contribution in [2.24, 2.45) is 0 Å². The lowest BCUT2D eigenvalue weighted by Gasteiger charge is -2.18. The maximum absolute atomic E-state index is 5.30. The van der Waals surface area contributed by atoms with Crippen molar-refractivity contribution >= 4 is 28.0 Å². The standard InChI is InChI=1S/C5H9BrOS/c6-4-5-2-1-3-8-7-5/h5H,1-4H2. The van der Waals surface area contributed by atoms with Crippen LogP contribution in [0.5, 0.6) is 0 Å². The second-order valence-corrected chi connectivity index (χ2v) is 3.32. The van der Waals surface area contributed by atoms with Crippen molar-refractivity contribution in [2.75, 3.05) is 11.1 Å². The maximum Gasteiger partial charge on any atom is 0.0819 e. The van der Waals surface area contributed by atoms with Gasteiger partial charge in [-0.25, -0.2) is 0 Å². The quantitative estimate of drug-likeness (QED) is 0.470. The van der Waals surface area contributed by atoms with Crippen molar-refractivity contribution in [2.45, 2.75) is 18.9 Å². The molecule has 0 aromatic carbocycles. The average Bonchev–Trinajstić information content (AvgIpc) is 1.90. The van der Waals surface area contributed by atoms with E-state index in [9.17, 15) is 0 Å². The van der Waals surface area contributed by atoms with Crippen LogP contribution in [0.2, 0.25) is 0 Å². The molecule has 1 aliphatic rings. The van der Waals surface area contributed by atoms with Gasteiger partial charge in [-0.2, -0.15) is 0 Å². The summed E-state index contributed by atoms with van der Waals surface area (Å²) in [5.41, 5.74) is 0. The molecule has 1 atom stereocenters. The fourth-order valence-corrected chi connectivity index (χ4v) is 2.03. The first kappa shape index (κ1) is 6.90. The first-order valence-electron chi connectivity index (χ1n) is 2.77. The highest BCUT2D eigenvalue weighted by molar-refractivity contribution is 9.09. The molecule has 1 rings (SSSR count). The van der Waals surface area contributed by atoms with Gasteiger partial charge in [0.1, 0.15) is 0 Å². The van der Waals surface area contributed by atoms with Gasteiger partial charge < -0.3 is 4.18 Å². The van der Waals surface area contributed by atoms with Crippen molar-refractivity contribution in [3.63, 3.8) is 0 Å². The van der Waals surface area contributed by atoms with E-state index in [0.717, 1.165) is 5.33 Å². The van der Waals surface area contributed by atoms with Gasteiger partial charge in [0, 0.05) is 11.1 Å². The minimum atomic E-state index is 0.466. The van der Waals surface area contributed by atoms with Gasteiger partial charge in [0.2, 0.25) is 0 Å². The molecule has 48 valence electrons. The molecule has 0 aromatic heterocycles. The fourth-order valence-electron chi connectivity index (χ4n) is 0.665. The van der Waals surface area contributed by atoms with Gasteiger partial charge in [-0.3, -0.25) is 0 Å². The Hall–Kier alpha value is 0.790. The topological polar surface area (TPSA) is 9.23 Å². The van der Waals surface area contributed by atoms with Gasteiger partial charge in [0.15, 0.2) is 0 Å². The van der Waals surface area contributed by atoms with Crippen LogP contribution in [0, 0.1) is 0 Å². The van der Waals surface area contributed by atoms with Crippen LogP contribution >= 0.6 is 28.0 Å². The molecule has 0 aliphatic carbocycles. The predicted octanol–water partition coefficient (Wildman–Crippen LogP) is 2.21. The fraction of sp³-hybridized carbons (Fsp3) is 1.00. The van der Waals surface area contributed by atoms with Crippen LogP contribution in [0.25, 0.3) is 0 Å². The largest absolute Gasteiger partial charge is 0.311 e. The normalized spacial score (nSPS) is 30.4. The molecule has 1 saturated heterocycles. The van der Waals surface area contributed by atoms with Crippen molar-refractivity contribution in [1.82, 2.24) is 0 Å². The molecule has 0 saturated carbocycles. The summed E-state index contributed by atoms with van der Waals surface area (Å²) >= 11 is 4.97. The minimum Gasteiger partial charge on any atom is -0.311 e. The van der Waals surface area contributed by atoms with Crippen molar-refractivity contribution in [3.05, 3.63) is 0 Å². The van der Waals surface area contributed by atoms with E-state index in [1.54, 1.807) is 12.0 Å². The van der Waals surface area contributed by atoms with Gasteiger partial charge in [-0.05, 0) is 24.9 Å². The van der Waals surface area contributed by atoms with Gasteiger partial charge in [-0.15, -0.1) is 0 Å². The molecule has 0 radical (unpaired) electrons. The third-order valence-electron chi connectivity index (χ3n) is 1.13. The van der Waals surface area contributed by atoms with Crippen LogP contribution in [0.1, 0.15) is 12.8 Å². The zero-order valence-corrected chi connectivity index (χ0v) is 7.00. The summed E-state index contributed by atoms with van der Waals surface area (Å²) < 4.78 is 5.30. The molecule has 1 fully saturated rings.